The highest BCUT2D eigenvalue weighted by Crippen LogP contribution is 2.31. The van der Waals surface area contributed by atoms with Gasteiger partial charge in [0.25, 0.3) is 5.91 Å². The number of carbonyl (C=O) groups excluding carboxylic acids is 1. The number of carbonyl (C=O) groups is 1. The zero-order valence-electron chi connectivity index (χ0n) is 19.7. The molecule has 1 saturated heterocycles. The molecule has 176 valence electrons. The Hall–Kier alpha value is -3.32. The van der Waals surface area contributed by atoms with Gasteiger partial charge in [0.1, 0.15) is 0 Å². The summed E-state index contributed by atoms with van der Waals surface area (Å²) in [6.45, 7) is 6.43. The SMILES string of the molecule is Cc1cn2nc(C3=CC(=O)N4C=C(C5CCN(CCCF)CC5)C=C/C4=C\C=C3)cc2c(C)n1. The summed E-state index contributed by atoms with van der Waals surface area (Å²) >= 11 is 0. The molecule has 1 amide bonds. The van der Waals surface area contributed by atoms with Crippen molar-refractivity contribution in [3.05, 3.63) is 83.3 Å². The van der Waals surface area contributed by atoms with E-state index in [-0.39, 0.29) is 12.6 Å². The van der Waals surface area contributed by atoms with Gasteiger partial charge in [-0.2, -0.15) is 5.10 Å². The number of hydrogen-bond donors (Lipinski definition) is 0. The molecule has 7 heteroatoms. The molecule has 2 aromatic heterocycles. The standard InChI is InChI=1S/C27H30FN5O/c1-19-17-33-26(20(2)29-19)16-25(30-33)22-5-3-6-24-8-7-23(18-32(24)27(34)15-22)21-9-13-31(14-10-21)12-4-11-28/h3,5-8,15-18,21H,4,9-14H2,1-2H3/b5-3?,22-15?,24-6+. The normalized spacial score (nSPS) is 21.1. The average molecular weight is 460 g/mol. The van der Waals surface area contributed by atoms with Crippen LogP contribution in [-0.2, 0) is 4.79 Å². The first-order valence-electron chi connectivity index (χ1n) is 12.0. The van der Waals surface area contributed by atoms with Gasteiger partial charge in [0, 0.05) is 30.1 Å². The Balaban J connectivity index is 1.38. The van der Waals surface area contributed by atoms with E-state index in [0.29, 0.717) is 12.3 Å². The van der Waals surface area contributed by atoms with Crippen molar-refractivity contribution >= 4 is 17.0 Å². The zero-order valence-corrected chi connectivity index (χ0v) is 19.7. The Bertz CT molecular complexity index is 1260. The van der Waals surface area contributed by atoms with Gasteiger partial charge in [-0.15, -0.1) is 0 Å². The Labute approximate surface area is 199 Å². The molecule has 3 aliphatic rings. The molecule has 5 heterocycles. The van der Waals surface area contributed by atoms with Crippen LogP contribution in [0, 0.1) is 19.8 Å². The van der Waals surface area contributed by atoms with E-state index in [4.69, 9.17) is 5.10 Å². The fraction of sp³-hybridized carbons (Fsp3) is 0.370. The molecule has 0 atom stereocenters. The molecule has 3 aliphatic heterocycles. The third-order valence-corrected chi connectivity index (χ3v) is 6.78. The summed E-state index contributed by atoms with van der Waals surface area (Å²) < 4.78 is 14.3. The van der Waals surface area contributed by atoms with Crippen LogP contribution < -0.4 is 0 Å². The third kappa shape index (κ3) is 4.53. The molecule has 1 fully saturated rings. The predicted molar refractivity (Wildman–Crippen MR) is 131 cm³/mol. The fourth-order valence-electron chi connectivity index (χ4n) is 4.96. The van der Waals surface area contributed by atoms with E-state index < -0.39 is 0 Å². The van der Waals surface area contributed by atoms with Gasteiger partial charge in [0.05, 0.1) is 35.5 Å². The third-order valence-electron chi connectivity index (χ3n) is 6.78. The van der Waals surface area contributed by atoms with Crippen LogP contribution in [0.1, 0.15) is 36.3 Å². The van der Waals surface area contributed by atoms with Crippen LogP contribution in [0.5, 0.6) is 0 Å². The van der Waals surface area contributed by atoms with Crippen molar-refractivity contribution < 1.29 is 9.18 Å². The molecule has 34 heavy (non-hydrogen) atoms. The van der Waals surface area contributed by atoms with Crippen LogP contribution >= 0.6 is 0 Å². The lowest BCUT2D eigenvalue weighted by Gasteiger charge is -2.34. The summed E-state index contributed by atoms with van der Waals surface area (Å²) in [5, 5.41) is 4.69. The number of amides is 1. The minimum atomic E-state index is -0.255. The van der Waals surface area contributed by atoms with Crippen molar-refractivity contribution in [1.29, 1.82) is 0 Å². The summed E-state index contributed by atoms with van der Waals surface area (Å²) in [4.78, 5) is 21.9. The molecule has 0 N–H and O–H groups in total. The van der Waals surface area contributed by atoms with Gasteiger partial charge in [-0.25, -0.2) is 4.52 Å². The molecule has 5 rings (SSSR count). The lowest BCUT2D eigenvalue weighted by Crippen LogP contribution is -2.36. The highest BCUT2D eigenvalue weighted by atomic mass is 19.1. The van der Waals surface area contributed by atoms with Crippen molar-refractivity contribution in [2.45, 2.75) is 33.1 Å². The predicted octanol–water partition coefficient (Wildman–Crippen LogP) is 4.54. The molecule has 0 radical (unpaired) electrons. The number of rotatable bonds is 5. The van der Waals surface area contributed by atoms with Crippen LogP contribution in [0.2, 0.25) is 0 Å². The maximum absolute atomic E-state index is 13.3. The van der Waals surface area contributed by atoms with E-state index in [9.17, 15) is 9.18 Å². The number of allylic oxidation sites excluding steroid dienone is 7. The number of piperidine rings is 1. The quantitative estimate of drug-likeness (QED) is 0.659. The van der Waals surface area contributed by atoms with Gasteiger partial charge in [0.15, 0.2) is 0 Å². The Morgan fingerprint density at radius 2 is 1.97 bits per heavy atom. The second-order valence-electron chi connectivity index (χ2n) is 9.21. The van der Waals surface area contributed by atoms with E-state index >= 15 is 0 Å². The highest BCUT2D eigenvalue weighted by molar-refractivity contribution is 5.99. The second-order valence-corrected chi connectivity index (χ2v) is 9.21. The molecule has 0 unspecified atom stereocenters. The monoisotopic (exact) mass is 459 g/mol. The average Bonchev–Trinajstić information content (AvgIpc) is 3.25. The number of nitrogens with zero attached hydrogens (tertiary/aromatic N) is 5. The first-order chi connectivity index (χ1) is 16.5. The van der Waals surface area contributed by atoms with E-state index in [1.54, 1.807) is 11.0 Å². The summed E-state index contributed by atoms with van der Waals surface area (Å²) in [7, 11) is 0. The van der Waals surface area contributed by atoms with Crippen LogP contribution in [-0.4, -0.2) is 56.6 Å². The maximum atomic E-state index is 13.3. The van der Waals surface area contributed by atoms with Crippen LogP contribution in [0.3, 0.4) is 0 Å². The minimum absolute atomic E-state index is 0.0871. The Kier molecular flexibility index (Phi) is 6.28. The summed E-state index contributed by atoms with van der Waals surface area (Å²) in [5.41, 5.74) is 6.29. The molecule has 0 spiro atoms. The molecular formula is C27H30FN5O. The molecule has 2 aromatic rings. The van der Waals surface area contributed by atoms with Gasteiger partial charge < -0.3 is 4.90 Å². The van der Waals surface area contributed by atoms with Crippen LogP contribution in [0.4, 0.5) is 4.39 Å². The lowest BCUT2D eigenvalue weighted by atomic mass is 9.88. The number of hydrogen-bond acceptors (Lipinski definition) is 4. The van der Waals surface area contributed by atoms with Gasteiger partial charge in [-0.05, 0) is 75.9 Å². The molecule has 0 aromatic carbocycles. The summed E-state index contributed by atoms with van der Waals surface area (Å²) in [5.74, 6) is 0.324. The lowest BCUT2D eigenvalue weighted by molar-refractivity contribution is -0.122. The number of halogens is 1. The molecule has 0 saturated carbocycles. The van der Waals surface area contributed by atoms with E-state index in [1.807, 2.05) is 61.1 Å². The van der Waals surface area contributed by atoms with Gasteiger partial charge in [0.2, 0.25) is 0 Å². The summed E-state index contributed by atoms with van der Waals surface area (Å²) in [6, 6.07) is 1.98. The van der Waals surface area contributed by atoms with Gasteiger partial charge in [-0.1, -0.05) is 18.2 Å². The first-order valence-corrected chi connectivity index (χ1v) is 12.0. The number of fused-ring (bicyclic) bond motifs is 2. The molecule has 6 nitrogen and oxygen atoms in total. The Morgan fingerprint density at radius 3 is 2.76 bits per heavy atom. The smallest absolute Gasteiger partial charge is 0.255 e. The molecule has 0 bridgehead atoms. The van der Waals surface area contributed by atoms with Crippen LogP contribution in [0.25, 0.3) is 11.1 Å². The number of likely N-dealkylation sites (tertiary alicyclic amines) is 1. The van der Waals surface area contributed by atoms with Gasteiger partial charge >= 0.3 is 0 Å². The molecular weight excluding hydrogens is 429 g/mol. The topological polar surface area (TPSA) is 53.7 Å². The largest absolute Gasteiger partial charge is 0.303 e. The van der Waals surface area contributed by atoms with Crippen LogP contribution in [0.15, 0.2) is 66.2 Å². The summed E-state index contributed by atoms with van der Waals surface area (Å²) in [6.07, 6.45) is 18.2. The Morgan fingerprint density at radius 1 is 1.15 bits per heavy atom. The second kappa shape index (κ2) is 9.50. The number of aromatic nitrogens is 3. The zero-order chi connectivity index (χ0) is 23.7. The highest BCUT2D eigenvalue weighted by Gasteiger charge is 2.25. The van der Waals surface area contributed by atoms with Crippen molar-refractivity contribution in [3.63, 3.8) is 0 Å². The van der Waals surface area contributed by atoms with Crippen molar-refractivity contribution in [3.8, 4) is 0 Å². The van der Waals surface area contributed by atoms with Gasteiger partial charge in [-0.3, -0.25) is 19.1 Å². The number of aryl methyl sites for hydroxylation is 2. The van der Waals surface area contributed by atoms with Crippen molar-refractivity contribution in [1.82, 2.24) is 24.4 Å². The fourth-order valence-corrected chi connectivity index (χ4v) is 4.96. The van der Waals surface area contributed by atoms with Crippen molar-refractivity contribution in [2.24, 2.45) is 5.92 Å². The van der Waals surface area contributed by atoms with E-state index in [1.165, 1.54) is 5.57 Å². The van der Waals surface area contributed by atoms with E-state index in [2.05, 4.69) is 16.0 Å². The first kappa shape index (κ1) is 22.5. The molecule has 0 aliphatic carbocycles. The minimum Gasteiger partial charge on any atom is -0.303 e. The number of alkyl halides is 1. The van der Waals surface area contributed by atoms with E-state index in [0.717, 1.165) is 66.3 Å². The maximum Gasteiger partial charge on any atom is 0.255 e. The van der Waals surface area contributed by atoms with Crippen molar-refractivity contribution in [2.75, 3.05) is 26.3 Å².